The summed E-state index contributed by atoms with van der Waals surface area (Å²) >= 11 is 0. The van der Waals surface area contributed by atoms with Gasteiger partial charge in [-0.2, -0.15) is 0 Å². The maximum Gasteiger partial charge on any atom is 0.407 e. The molecule has 0 unspecified atom stereocenters. The van der Waals surface area contributed by atoms with E-state index in [4.69, 9.17) is 4.74 Å². The Morgan fingerprint density at radius 1 is 1.13 bits per heavy atom. The molecule has 1 N–H and O–H groups in total. The van der Waals surface area contributed by atoms with Gasteiger partial charge in [0.05, 0.1) is 5.41 Å². The smallest absolute Gasteiger partial charge is 0.407 e. The van der Waals surface area contributed by atoms with Gasteiger partial charge in [-0.15, -0.1) is 0 Å². The summed E-state index contributed by atoms with van der Waals surface area (Å²) in [5.41, 5.74) is 2.58. The molecule has 4 rings (SSSR count). The van der Waals surface area contributed by atoms with E-state index in [1.54, 1.807) is 12.1 Å². The van der Waals surface area contributed by atoms with Crippen LogP contribution in [0.2, 0.25) is 0 Å². The lowest BCUT2D eigenvalue weighted by molar-refractivity contribution is -0.128. The van der Waals surface area contributed by atoms with Crippen molar-refractivity contribution < 1.29 is 18.7 Å². The summed E-state index contributed by atoms with van der Waals surface area (Å²) in [6.07, 6.45) is 3.97. The van der Waals surface area contributed by atoms with E-state index in [-0.39, 0.29) is 29.8 Å². The van der Waals surface area contributed by atoms with Crippen LogP contribution in [0.5, 0.6) is 0 Å². The number of hydrogen-bond acceptors (Lipinski definition) is 3. The topological polar surface area (TPSA) is 58.6 Å². The molecule has 2 aliphatic rings. The molecule has 1 spiro atoms. The van der Waals surface area contributed by atoms with Crippen LogP contribution in [0.15, 0.2) is 48.5 Å². The van der Waals surface area contributed by atoms with Crippen molar-refractivity contribution >= 4 is 17.7 Å². The van der Waals surface area contributed by atoms with Gasteiger partial charge in [0, 0.05) is 18.8 Å². The summed E-state index contributed by atoms with van der Waals surface area (Å²) in [7, 11) is 0. The Labute approximate surface area is 182 Å². The van der Waals surface area contributed by atoms with E-state index in [1.165, 1.54) is 17.7 Å². The van der Waals surface area contributed by atoms with Crippen LogP contribution in [0.3, 0.4) is 0 Å². The largest absolute Gasteiger partial charge is 0.446 e. The van der Waals surface area contributed by atoms with Crippen LogP contribution in [0.25, 0.3) is 0 Å². The van der Waals surface area contributed by atoms with E-state index in [0.717, 1.165) is 37.9 Å². The normalized spacial score (nSPS) is 23.2. The predicted molar refractivity (Wildman–Crippen MR) is 117 cm³/mol. The quantitative estimate of drug-likeness (QED) is 0.736. The molecule has 1 aliphatic carbocycles. The molecule has 2 amide bonds. The van der Waals surface area contributed by atoms with Crippen LogP contribution in [0.4, 0.5) is 14.9 Å². The van der Waals surface area contributed by atoms with E-state index in [2.05, 4.69) is 24.4 Å². The van der Waals surface area contributed by atoms with Crippen molar-refractivity contribution in [2.45, 2.75) is 58.1 Å². The molecule has 1 heterocycles. The Hall–Kier alpha value is -2.89. The molecule has 2 aromatic carbocycles. The van der Waals surface area contributed by atoms with Crippen LogP contribution in [-0.2, 0) is 22.5 Å². The van der Waals surface area contributed by atoms with Gasteiger partial charge in [0.1, 0.15) is 11.9 Å². The molecule has 0 bridgehead atoms. The molecule has 5 nitrogen and oxygen atoms in total. The fraction of sp³-hybridized carbons (Fsp3) is 0.440. The first-order valence-corrected chi connectivity index (χ1v) is 11.1. The molecule has 2 fully saturated rings. The van der Waals surface area contributed by atoms with Crippen LogP contribution in [-0.4, -0.2) is 24.6 Å². The number of anilines is 1. The van der Waals surface area contributed by atoms with E-state index < -0.39 is 6.09 Å². The lowest BCUT2D eigenvalue weighted by atomic mass is 9.72. The molecule has 1 saturated carbocycles. The highest BCUT2D eigenvalue weighted by atomic mass is 19.1. The van der Waals surface area contributed by atoms with Gasteiger partial charge in [0.15, 0.2) is 0 Å². The number of ether oxygens (including phenoxy) is 1. The Morgan fingerprint density at radius 3 is 2.55 bits per heavy atom. The zero-order chi connectivity index (χ0) is 21.8. The second-order valence-corrected chi connectivity index (χ2v) is 8.60. The third-order valence-electron chi connectivity index (χ3n) is 6.66. The summed E-state index contributed by atoms with van der Waals surface area (Å²) in [6, 6.07) is 14.4. The van der Waals surface area contributed by atoms with Crippen molar-refractivity contribution in [3.8, 4) is 0 Å². The molecule has 0 aromatic heterocycles. The highest BCUT2D eigenvalue weighted by Gasteiger charge is 2.49. The highest BCUT2D eigenvalue weighted by molar-refractivity contribution is 6.00. The molecule has 31 heavy (non-hydrogen) atoms. The first-order chi connectivity index (χ1) is 15.0. The minimum Gasteiger partial charge on any atom is -0.446 e. The zero-order valence-electron chi connectivity index (χ0n) is 17.9. The number of carbonyl (C=O) groups is 2. The van der Waals surface area contributed by atoms with Gasteiger partial charge >= 0.3 is 6.09 Å². The van der Waals surface area contributed by atoms with Gasteiger partial charge in [-0.3, -0.25) is 4.79 Å². The van der Waals surface area contributed by atoms with Crippen molar-refractivity contribution in [3.63, 3.8) is 0 Å². The third kappa shape index (κ3) is 4.73. The lowest BCUT2D eigenvalue weighted by Gasteiger charge is -2.35. The van der Waals surface area contributed by atoms with Gasteiger partial charge in [-0.05, 0) is 73.9 Å². The molecular formula is C25H29FN2O3. The summed E-state index contributed by atoms with van der Waals surface area (Å²) in [6.45, 7) is 3.08. The fourth-order valence-corrected chi connectivity index (χ4v) is 4.72. The Kier molecular flexibility index (Phi) is 6.25. The number of halogens is 1. The van der Waals surface area contributed by atoms with E-state index >= 15 is 0 Å². The molecule has 2 aromatic rings. The van der Waals surface area contributed by atoms with E-state index in [0.29, 0.717) is 18.4 Å². The number of aryl methyl sites for hydroxylation is 1. The second-order valence-electron chi connectivity index (χ2n) is 8.60. The van der Waals surface area contributed by atoms with Gasteiger partial charge < -0.3 is 15.0 Å². The minimum atomic E-state index is -0.499. The van der Waals surface area contributed by atoms with Crippen molar-refractivity contribution in [3.05, 3.63) is 65.5 Å². The van der Waals surface area contributed by atoms with Crippen LogP contribution < -0.4 is 10.2 Å². The number of carbonyl (C=O) groups excluding carboxylic acids is 2. The molecule has 6 heteroatoms. The number of rotatable bonds is 5. The van der Waals surface area contributed by atoms with Crippen LogP contribution in [0.1, 0.15) is 50.2 Å². The second kappa shape index (κ2) is 9.08. The van der Waals surface area contributed by atoms with Crippen LogP contribution >= 0.6 is 0 Å². The third-order valence-corrected chi connectivity index (χ3v) is 6.66. The molecular weight excluding hydrogens is 395 g/mol. The van der Waals surface area contributed by atoms with Crippen LogP contribution in [0, 0.1) is 11.2 Å². The number of nitrogens with one attached hydrogen (secondary N) is 1. The number of benzene rings is 2. The number of hydrogen-bond donors (Lipinski definition) is 1. The highest BCUT2D eigenvalue weighted by Crippen LogP contribution is 2.46. The number of alkyl carbamates (subject to hydrolysis) is 1. The van der Waals surface area contributed by atoms with Gasteiger partial charge in [-0.1, -0.05) is 31.2 Å². The first kappa shape index (κ1) is 21.3. The molecule has 164 valence electrons. The average molecular weight is 425 g/mol. The Balaban J connectivity index is 1.27. The van der Waals surface area contributed by atoms with Gasteiger partial charge in [0.2, 0.25) is 5.91 Å². The maximum absolute atomic E-state index is 13.2. The first-order valence-electron chi connectivity index (χ1n) is 11.1. The molecule has 0 atom stereocenters. The number of nitrogens with zero attached hydrogens (tertiary/aromatic N) is 1. The van der Waals surface area contributed by atoms with Gasteiger partial charge in [-0.25, -0.2) is 9.18 Å². The number of amides is 2. The van der Waals surface area contributed by atoms with E-state index in [9.17, 15) is 14.0 Å². The molecule has 0 radical (unpaired) electrons. The summed E-state index contributed by atoms with van der Waals surface area (Å²) in [4.78, 5) is 27.3. The monoisotopic (exact) mass is 424 g/mol. The summed E-state index contributed by atoms with van der Waals surface area (Å²) in [5.74, 6) is -0.132. The zero-order valence-corrected chi connectivity index (χ0v) is 17.9. The fourth-order valence-electron chi connectivity index (χ4n) is 4.72. The minimum absolute atomic E-state index is 0.191. The van der Waals surface area contributed by atoms with Crippen molar-refractivity contribution in [1.82, 2.24) is 5.32 Å². The lowest BCUT2D eigenvalue weighted by Crippen LogP contribution is -2.40. The summed E-state index contributed by atoms with van der Waals surface area (Å²) in [5, 5.41) is 2.68. The standard InChI is InChI=1S/C25H29FN2O3/c1-2-18-6-8-21(9-7-18)28-15-14-25(23(28)29)12-10-22(11-13-25)31-24(30)27-17-19-4-3-5-20(26)16-19/h3-9,16,22H,2,10-15,17H2,1H3,(H,27,30). The average Bonchev–Trinajstić information content (AvgIpc) is 3.10. The van der Waals surface area contributed by atoms with Crippen molar-refractivity contribution in [2.75, 3.05) is 11.4 Å². The Morgan fingerprint density at radius 2 is 1.87 bits per heavy atom. The van der Waals surface area contributed by atoms with Crippen molar-refractivity contribution in [2.24, 2.45) is 5.41 Å². The summed E-state index contributed by atoms with van der Waals surface area (Å²) < 4.78 is 18.8. The molecule has 1 saturated heterocycles. The van der Waals surface area contributed by atoms with E-state index in [1.807, 2.05) is 17.0 Å². The Bertz CT molecular complexity index is 936. The predicted octanol–water partition coefficient (Wildman–Crippen LogP) is 4.98. The van der Waals surface area contributed by atoms with Crippen molar-refractivity contribution in [1.29, 1.82) is 0 Å². The molecule has 1 aliphatic heterocycles. The van der Waals surface area contributed by atoms with Gasteiger partial charge in [0.25, 0.3) is 0 Å². The SMILES string of the molecule is CCc1ccc(N2CCC3(CCC(OC(=O)NCc4cccc(F)c4)CC3)C2=O)cc1. The maximum atomic E-state index is 13.2.